The molecule has 0 aromatic rings. The van der Waals surface area contributed by atoms with E-state index in [-0.39, 0.29) is 25.9 Å². The molecule has 0 amide bonds. The molecular weight excluding hydrogens is 949 g/mol. The number of carbonyl (C=O) groups excluding carboxylic acids is 3. The fraction of sp³-hybridized carbons (Fsp3) is 0.619. The summed E-state index contributed by atoms with van der Waals surface area (Å²) in [5.41, 5.74) is 0. The lowest BCUT2D eigenvalue weighted by Crippen LogP contribution is -2.61. The van der Waals surface area contributed by atoms with Crippen LogP contribution >= 0.6 is 0 Å². The van der Waals surface area contributed by atoms with Crippen molar-refractivity contribution in [2.75, 3.05) is 13.2 Å². The van der Waals surface area contributed by atoms with Gasteiger partial charge in [0.25, 0.3) is 0 Å². The molecule has 422 valence electrons. The van der Waals surface area contributed by atoms with Gasteiger partial charge in [-0.2, -0.15) is 0 Å². The number of hydrogen-bond donors (Lipinski definition) is 3. The Morgan fingerprint density at radius 1 is 0.453 bits per heavy atom. The predicted molar refractivity (Wildman–Crippen MR) is 303 cm³/mol. The summed E-state index contributed by atoms with van der Waals surface area (Å²) in [4.78, 5) is 51.0. The van der Waals surface area contributed by atoms with Crippen LogP contribution in [0.4, 0.5) is 0 Å². The van der Waals surface area contributed by atoms with Crippen LogP contribution in [0, 0.1) is 0 Å². The molecule has 75 heavy (non-hydrogen) atoms. The number of carbonyl (C=O) groups is 4. The zero-order chi connectivity index (χ0) is 54.7. The van der Waals surface area contributed by atoms with Crippen LogP contribution < -0.4 is 0 Å². The molecule has 6 unspecified atom stereocenters. The lowest BCUT2D eigenvalue weighted by Gasteiger charge is -2.40. The van der Waals surface area contributed by atoms with Crippen LogP contribution in [0.1, 0.15) is 201 Å². The minimum Gasteiger partial charge on any atom is -0.479 e. The fourth-order valence-electron chi connectivity index (χ4n) is 7.68. The van der Waals surface area contributed by atoms with Crippen molar-refractivity contribution >= 4 is 23.9 Å². The highest BCUT2D eigenvalue weighted by molar-refractivity contribution is 5.74. The molecule has 1 rings (SSSR count). The van der Waals surface area contributed by atoms with Crippen LogP contribution in [-0.2, 0) is 42.9 Å². The minimum absolute atomic E-state index is 0.0305. The van der Waals surface area contributed by atoms with Gasteiger partial charge in [0.15, 0.2) is 24.6 Å². The molecule has 0 spiro atoms. The number of carboxylic acids is 1. The molecule has 1 aliphatic rings. The highest BCUT2D eigenvalue weighted by Crippen LogP contribution is 2.26. The molecule has 0 aromatic heterocycles. The molecule has 12 nitrogen and oxygen atoms in total. The van der Waals surface area contributed by atoms with Gasteiger partial charge in [-0.1, -0.05) is 181 Å². The molecule has 0 saturated carbocycles. The molecule has 1 aliphatic heterocycles. The van der Waals surface area contributed by atoms with Gasteiger partial charge in [0.2, 0.25) is 0 Å². The summed E-state index contributed by atoms with van der Waals surface area (Å²) in [6, 6.07) is 0. The van der Waals surface area contributed by atoms with Crippen molar-refractivity contribution in [2.24, 2.45) is 0 Å². The largest absolute Gasteiger partial charge is 0.479 e. The van der Waals surface area contributed by atoms with Gasteiger partial charge in [0, 0.05) is 19.3 Å². The van der Waals surface area contributed by atoms with Gasteiger partial charge in [-0.25, -0.2) is 4.79 Å². The van der Waals surface area contributed by atoms with Crippen LogP contribution in [0.25, 0.3) is 0 Å². The van der Waals surface area contributed by atoms with Crippen LogP contribution in [-0.4, -0.2) is 89.2 Å². The van der Waals surface area contributed by atoms with Gasteiger partial charge in [0.1, 0.15) is 18.8 Å². The second kappa shape index (κ2) is 50.0. The molecular formula is C63H98O12. The second-order valence-electron chi connectivity index (χ2n) is 18.8. The fourth-order valence-corrected chi connectivity index (χ4v) is 7.68. The first-order valence-corrected chi connectivity index (χ1v) is 28.5. The second-order valence-corrected chi connectivity index (χ2v) is 18.8. The summed E-state index contributed by atoms with van der Waals surface area (Å²) in [6.07, 6.45) is 56.1. The monoisotopic (exact) mass is 1050 g/mol. The average molecular weight is 1050 g/mol. The molecule has 1 fully saturated rings. The number of allylic oxidation sites excluding steroid dienone is 20. The molecule has 6 atom stereocenters. The first-order chi connectivity index (χ1) is 36.6. The van der Waals surface area contributed by atoms with Crippen molar-refractivity contribution in [3.05, 3.63) is 122 Å². The quantitative estimate of drug-likeness (QED) is 0.0228. The summed E-state index contributed by atoms with van der Waals surface area (Å²) in [7, 11) is 0. The number of ether oxygens (including phenoxy) is 5. The van der Waals surface area contributed by atoms with Crippen LogP contribution in [0.5, 0.6) is 0 Å². The zero-order valence-electron chi connectivity index (χ0n) is 46.2. The molecule has 1 heterocycles. The third kappa shape index (κ3) is 40.1. The van der Waals surface area contributed by atoms with E-state index in [9.17, 15) is 34.5 Å². The standard InChI is InChI=1S/C63H98O12/c1-4-7-10-13-16-19-22-25-26-27-28-29-30-33-34-37-40-43-46-49-55(64)71-52-54(73-56(65)50-47-44-41-38-35-31-23-20-17-14-11-8-5-2)53-72-63-61(59(68)58(67)60(75-63)62(69)70)74-57(66)51-48-45-42-39-36-32-24-21-18-15-12-9-6-3/h7-8,10-12,15-17,19-21,24-26,28-29,31,33-35,54,58-61,63,67-68H,4-6,9,13-14,18,22-23,27,30,32,36-53H2,1-3H3,(H,69,70)/b10-7-,11-8-,15-12-,19-16-,20-17-,24-21-,26-25-,29-28-,34-33-,35-31-. The number of hydrogen-bond acceptors (Lipinski definition) is 11. The Morgan fingerprint density at radius 3 is 1.29 bits per heavy atom. The van der Waals surface area contributed by atoms with E-state index >= 15 is 0 Å². The maximum atomic E-state index is 13.1. The van der Waals surface area contributed by atoms with Crippen molar-refractivity contribution in [1.82, 2.24) is 0 Å². The molecule has 1 saturated heterocycles. The summed E-state index contributed by atoms with van der Waals surface area (Å²) in [6.45, 7) is 5.61. The Labute approximate surface area is 452 Å². The van der Waals surface area contributed by atoms with E-state index in [2.05, 4.69) is 142 Å². The van der Waals surface area contributed by atoms with E-state index in [1.54, 1.807) is 0 Å². The zero-order valence-corrected chi connectivity index (χ0v) is 46.2. The van der Waals surface area contributed by atoms with E-state index in [1.165, 1.54) is 0 Å². The average Bonchev–Trinajstić information content (AvgIpc) is 3.39. The predicted octanol–water partition coefficient (Wildman–Crippen LogP) is 14.4. The Balaban J connectivity index is 2.75. The van der Waals surface area contributed by atoms with Crippen LogP contribution in [0.2, 0.25) is 0 Å². The maximum Gasteiger partial charge on any atom is 0.335 e. The summed E-state index contributed by atoms with van der Waals surface area (Å²) in [5.74, 6) is -3.24. The Kier molecular flexibility index (Phi) is 45.4. The first-order valence-electron chi connectivity index (χ1n) is 28.5. The van der Waals surface area contributed by atoms with Crippen molar-refractivity contribution in [1.29, 1.82) is 0 Å². The van der Waals surface area contributed by atoms with E-state index in [0.29, 0.717) is 19.3 Å². The van der Waals surface area contributed by atoms with Gasteiger partial charge < -0.3 is 39.0 Å². The molecule has 0 bridgehead atoms. The van der Waals surface area contributed by atoms with Crippen molar-refractivity contribution in [3.63, 3.8) is 0 Å². The lowest BCUT2D eigenvalue weighted by atomic mass is 9.98. The van der Waals surface area contributed by atoms with E-state index in [0.717, 1.165) is 141 Å². The van der Waals surface area contributed by atoms with Gasteiger partial charge in [-0.15, -0.1) is 0 Å². The first kappa shape index (κ1) is 68.1. The Hall–Kier alpha value is -4.88. The smallest absolute Gasteiger partial charge is 0.335 e. The number of rotatable bonds is 46. The van der Waals surface area contributed by atoms with Gasteiger partial charge >= 0.3 is 23.9 Å². The number of unbranched alkanes of at least 4 members (excludes halogenated alkanes) is 12. The van der Waals surface area contributed by atoms with Crippen molar-refractivity contribution in [3.8, 4) is 0 Å². The third-order valence-electron chi connectivity index (χ3n) is 12.0. The summed E-state index contributed by atoms with van der Waals surface area (Å²) < 4.78 is 28.3. The highest BCUT2D eigenvalue weighted by atomic mass is 16.7. The third-order valence-corrected chi connectivity index (χ3v) is 12.0. The number of esters is 3. The Morgan fingerprint density at radius 2 is 0.840 bits per heavy atom. The van der Waals surface area contributed by atoms with Gasteiger partial charge in [-0.3, -0.25) is 14.4 Å². The summed E-state index contributed by atoms with van der Waals surface area (Å²) in [5, 5.41) is 31.4. The van der Waals surface area contributed by atoms with Crippen LogP contribution in [0.3, 0.4) is 0 Å². The van der Waals surface area contributed by atoms with E-state index < -0.39 is 67.3 Å². The minimum atomic E-state index is -1.92. The SMILES string of the molecule is CC/C=C\C/C=C\C/C=C\C/C=C\C/C=C\CCCCCC(=O)OCC(COC1OC(C(=O)O)C(O)C(O)C1OC(=O)CCCCCCC/C=C\C/C=C\CCC)OC(=O)CCCCC/C=C\C/C=C\C/C=C\CC. The van der Waals surface area contributed by atoms with E-state index in [4.69, 9.17) is 23.7 Å². The van der Waals surface area contributed by atoms with Crippen LogP contribution in [0.15, 0.2) is 122 Å². The molecule has 0 aromatic carbocycles. The van der Waals surface area contributed by atoms with Crippen molar-refractivity contribution in [2.45, 2.75) is 237 Å². The topological polar surface area (TPSA) is 175 Å². The van der Waals surface area contributed by atoms with Gasteiger partial charge in [0.05, 0.1) is 6.61 Å². The Bertz CT molecular complexity index is 1770. The number of aliphatic carboxylic acids is 1. The van der Waals surface area contributed by atoms with E-state index in [1.807, 2.05) is 0 Å². The molecule has 3 N–H and O–H groups in total. The molecule has 0 aliphatic carbocycles. The molecule has 0 radical (unpaired) electrons. The number of aliphatic hydroxyl groups excluding tert-OH is 2. The summed E-state index contributed by atoms with van der Waals surface area (Å²) >= 11 is 0. The molecule has 12 heteroatoms. The maximum absolute atomic E-state index is 13.1. The number of carboxylic acid groups (broad SMARTS) is 1. The number of aliphatic hydroxyl groups is 2. The van der Waals surface area contributed by atoms with Gasteiger partial charge in [-0.05, 0) is 122 Å². The highest BCUT2D eigenvalue weighted by Gasteiger charge is 2.50. The lowest BCUT2D eigenvalue weighted by molar-refractivity contribution is -0.301. The van der Waals surface area contributed by atoms with Crippen molar-refractivity contribution < 1.29 is 58.2 Å². The normalized spacial score (nSPS) is 19.1.